The third kappa shape index (κ3) is 6.56. The molecule has 1 aromatic carbocycles. The van der Waals surface area contributed by atoms with Crippen LogP contribution >= 0.6 is 23.4 Å². The number of thioether (sulfide) groups is 1. The highest BCUT2D eigenvalue weighted by molar-refractivity contribution is 7.99. The Morgan fingerprint density at radius 3 is 2.69 bits per heavy atom. The summed E-state index contributed by atoms with van der Waals surface area (Å²) in [6, 6.07) is 7.21. The lowest BCUT2D eigenvalue weighted by atomic mass is 10.1. The number of benzene rings is 1. The maximum absolute atomic E-state index is 13.2. The van der Waals surface area contributed by atoms with E-state index in [0.29, 0.717) is 47.9 Å². The van der Waals surface area contributed by atoms with Gasteiger partial charge in [-0.25, -0.2) is 14.4 Å². The largest absolute Gasteiger partial charge is 0.355 e. The molecule has 1 N–H and O–H groups in total. The molecule has 1 aliphatic heterocycles. The van der Waals surface area contributed by atoms with Crippen molar-refractivity contribution in [2.75, 3.05) is 36.8 Å². The van der Waals surface area contributed by atoms with Crippen LogP contribution in [0.3, 0.4) is 0 Å². The summed E-state index contributed by atoms with van der Waals surface area (Å²) in [4.78, 5) is 37.4. The third-order valence-electron chi connectivity index (χ3n) is 5.15. The van der Waals surface area contributed by atoms with E-state index in [1.807, 2.05) is 6.92 Å². The van der Waals surface area contributed by atoms with E-state index in [0.717, 1.165) is 12.8 Å². The zero-order valence-electron chi connectivity index (χ0n) is 18.2. The molecule has 3 rings (SSSR count). The van der Waals surface area contributed by atoms with Gasteiger partial charge in [0, 0.05) is 43.9 Å². The molecular formula is C22H27ClFN5O2S. The molecule has 1 aromatic heterocycles. The average molecular weight is 480 g/mol. The Labute approximate surface area is 196 Å². The van der Waals surface area contributed by atoms with Crippen LogP contribution in [0.15, 0.2) is 35.5 Å². The Morgan fingerprint density at radius 1 is 1.25 bits per heavy atom. The molecule has 2 amide bonds. The highest BCUT2D eigenvalue weighted by Gasteiger charge is 2.29. The quantitative estimate of drug-likeness (QED) is 0.269. The minimum Gasteiger partial charge on any atom is -0.355 e. The van der Waals surface area contributed by atoms with Crippen molar-refractivity contribution in [3.63, 3.8) is 0 Å². The van der Waals surface area contributed by atoms with Crippen molar-refractivity contribution < 1.29 is 14.0 Å². The molecule has 1 unspecified atom stereocenters. The molecule has 2 aromatic rings. The van der Waals surface area contributed by atoms with Gasteiger partial charge in [0.15, 0.2) is 5.16 Å². The summed E-state index contributed by atoms with van der Waals surface area (Å²) in [6.07, 6.45) is 1.97. The first kappa shape index (κ1) is 24.3. The van der Waals surface area contributed by atoms with Crippen LogP contribution in [0.4, 0.5) is 10.2 Å². The van der Waals surface area contributed by atoms with Crippen LogP contribution in [0.5, 0.6) is 0 Å². The molecule has 0 spiro atoms. The maximum Gasteiger partial charge on any atom is 0.254 e. The minimum absolute atomic E-state index is 0.0601. The fourth-order valence-electron chi connectivity index (χ4n) is 3.42. The van der Waals surface area contributed by atoms with E-state index < -0.39 is 0 Å². The molecule has 2 heterocycles. The molecule has 0 aliphatic carbocycles. The smallest absolute Gasteiger partial charge is 0.254 e. The predicted molar refractivity (Wildman–Crippen MR) is 125 cm³/mol. The second kappa shape index (κ2) is 11.5. The molecule has 1 aliphatic rings. The maximum atomic E-state index is 13.2. The van der Waals surface area contributed by atoms with E-state index in [1.165, 1.54) is 36.0 Å². The molecule has 0 bridgehead atoms. The lowest BCUT2D eigenvalue weighted by Gasteiger charge is -2.40. The van der Waals surface area contributed by atoms with Gasteiger partial charge in [0.2, 0.25) is 5.91 Å². The first-order valence-corrected chi connectivity index (χ1v) is 12.0. The summed E-state index contributed by atoms with van der Waals surface area (Å²) >= 11 is 7.45. The van der Waals surface area contributed by atoms with Gasteiger partial charge in [-0.3, -0.25) is 9.59 Å². The third-order valence-corrected chi connectivity index (χ3v) is 6.19. The van der Waals surface area contributed by atoms with Crippen LogP contribution in [0, 0.1) is 5.82 Å². The Hall–Kier alpha value is -2.39. The van der Waals surface area contributed by atoms with Gasteiger partial charge < -0.3 is 15.1 Å². The normalized spacial score (nSPS) is 16.2. The highest BCUT2D eigenvalue weighted by Crippen LogP contribution is 2.24. The Kier molecular flexibility index (Phi) is 8.69. The number of nitrogens with one attached hydrogen (secondary N) is 1. The molecule has 1 fully saturated rings. The number of carbonyl (C=O) groups is 2. The summed E-state index contributed by atoms with van der Waals surface area (Å²) in [5.74, 6) is 0.338. The number of nitrogens with zero attached hydrogens (tertiary/aromatic N) is 4. The fraction of sp³-hybridized carbons (Fsp3) is 0.455. The molecule has 7 nitrogen and oxygen atoms in total. The van der Waals surface area contributed by atoms with Crippen molar-refractivity contribution in [3.05, 3.63) is 46.9 Å². The van der Waals surface area contributed by atoms with Gasteiger partial charge in [-0.15, -0.1) is 0 Å². The second-order valence-corrected chi connectivity index (χ2v) is 8.95. The van der Waals surface area contributed by atoms with E-state index in [9.17, 15) is 14.0 Å². The van der Waals surface area contributed by atoms with Crippen molar-refractivity contribution in [1.82, 2.24) is 20.2 Å². The van der Waals surface area contributed by atoms with Gasteiger partial charge in [-0.2, -0.15) is 0 Å². The fourth-order valence-corrected chi connectivity index (χ4v) is 4.33. The zero-order valence-corrected chi connectivity index (χ0v) is 19.8. The number of piperazine rings is 1. The van der Waals surface area contributed by atoms with Crippen LogP contribution in [0.2, 0.25) is 5.15 Å². The molecule has 0 radical (unpaired) electrons. The number of rotatable bonds is 8. The number of halogens is 2. The van der Waals surface area contributed by atoms with Gasteiger partial charge in [0.05, 0.1) is 5.75 Å². The Bertz CT molecular complexity index is 946. The van der Waals surface area contributed by atoms with Gasteiger partial charge >= 0.3 is 0 Å². The first-order valence-electron chi connectivity index (χ1n) is 10.6. The number of hydrogen-bond acceptors (Lipinski definition) is 6. The molecule has 0 saturated carbocycles. The molecular weight excluding hydrogens is 453 g/mol. The van der Waals surface area contributed by atoms with Crippen molar-refractivity contribution in [2.45, 2.75) is 37.9 Å². The van der Waals surface area contributed by atoms with Gasteiger partial charge in [-0.1, -0.05) is 36.7 Å². The molecule has 32 heavy (non-hydrogen) atoms. The van der Waals surface area contributed by atoms with E-state index in [1.54, 1.807) is 11.0 Å². The number of aromatic nitrogens is 2. The Morgan fingerprint density at radius 2 is 2.00 bits per heavy atom. The lowest BCUT2D eigenvalue weighted by Crippen LogP contribution is -2.54. The van der Waals surface area contributed by atoms with Crippen molar-refractivity contribution in [1.29, 1.82) is 0 Å². The van der Waals surface area contributed by atoms with Gasteiger partial charge in [-0.05, 0) is 37.6 Å². The lowest BCUT2D eigenvalue weighted by molar-refractivity contribution is -0.118. The predicted octanol–water partition coefficient (Wildman–Crippen LogP) is 3.63. The first-order chi connectivity index (χ1) is 15.4. The summed E-state index contributed by atoms with van der Waals surface area (Å²) in [7, 11) is 0. The standard InChI is InChI=1S/C22H27ClFN5O2S/c1-3-4-9-25-20(30)14-32-22-26-18(23)12-19(27-22)28-10-11-29(15(2)13-28)21(31)16-5-7-17(24)8-6-16/h5-8,12,15H,3-4,9-11,13-14H2,1-2H3,(H,25,30). The van der Waals surface area contributed by atoms with Crippen molar-refractivity contribution >= 4 is 41.0 Å². The number of hydrogen-bond donors (Lipinski definition) is 1. The van der Waals surface area contributed by atoms with E-state index in [-0.39, 0.29) is 29.4 Å². The summed E-state index contributed by atoms with van der Waals surface area (Å²) in [5, 5.41) is 3.61. The summed E-state index contributed by atoms with van der Waals surface area (Å²) in [5.41, 5.74) is 0.465. The van der Waals surface area contributed by atoms with Crippen LogP contribution in [-0.4, -0.2) is 64.7 Å². The van der Waals surface area contributed by atoms with Gasteiger partial charge in [0.1, 0.15) is 16.8 Å². The second-order valence-electron chi connectivity index (χ2n) is 7.62. The van der Waals surface area contributed by atoms with Crippen LogP contribution < -0.4 is 10.2 Å². The Balaban J connectivity index is 1.61. The summed E-state index contributed by atoms with van der Waals surface area (Å²) in [6.45, 7) is 6.35. The minimum atomic E-state index is -0.368. The average Bonchev–Trinajstić information content (AvgIpc) is 2.77. The molecule has 10 heteroatoms. The highest BCUT2D eigenvalue weighted by atomic mass is 35.5. The van der Waals surface area contributed by atoms with Crippen LogP contribution in [-0.2, 0) is 4.79 Å². The number of amides is 2. The monoisotopic (exact) mass is 479 g/mol. The number of carbonyl (C=O) groups excluding carboxylic acids is 2. The number of anilines is 1. The van der Waals surface area contributed by atoms with E-state index >= 15 is 0 Å². The SMILES string of the molecule is CCCCNC(=O)CSc1nc(Cl)cc(N2CCN(C(=O)c3ccc(F)cc3)C(C)C2)n1. The van der Waals surface area contributed by atoms with E-state index in [2.05, 4.69) is 27.1 Å². The molecule has 1 atom stereocenters. The molecule has 1 saturated heterocycles. The van der Waals surface area contributed by atoms with Crippen molar-refractivity contribution in [2.24, 2.45) is 0 Å². The van der Waals surface area contributed by atoms with Crippen LogP contribution in [0.25, 0.3) is 0 Å². The zero-order chi connectivity index (χ0) is 23.1. The topological polar surface area (TPSA) is 78.4 Å². The van der Waals surface area contributed by atoms with Gasteiger partial charge in [0.25, 0.3) is 5.91 Å². The van der Waals surface area contributed by atoms with E-state index in [4.69, 9.17) is 11.6 Å². The van der Waals surface area contributed by atoms with Crippen LogP contribution in [0.1, 0.15) is 37.0 Å². The summed E-state index contributed by atoms with van der Waals surface area (Å²) < 4.78 is 13.2. The van der Waals surface area contributed by atoms with Crippen molar-refractivity contribution in [3.8, 4) is 0 Å². The molecule has 172 valence electrons. The number of unbranched alkanes of at least 4 members (excludes halogenated alkanes) is 1.